The fourth-order valence-corrected chi connectivity index (χ4v) is 2.79. The average molecular weight is 223 g/mol. The number of carbonyl (C=O) groups is 1. The summed E-state index contributed by atoms with van der Waals surface area (Å²) in [7, 11) is 0. The molecule has 1 saturated heterocycles. The van der Waals surface area contributed by atoms with E-state index in [0.29, 0.717) is 0 Å². The molecule has 0 aromatic heterocycles. The maximum absolute atomic E-state index is 11.3. The number of hydrazine groups is 1. The molecule has 1 amide bonds. The zero-order valence-electron chi connectivity index (χ0n) is 8.14. The van der Waals surface area contributed by atoms with Crippen LogP contribution in [0.3, 0.4) is 0 Å². The molecule has 5 heteroatoms. The summed E-state index contributed by atoms with van der Waals surface area (Å²) < 4.78 is 0. The summed E-state index contributed by atoms with van der Waals surface area (Å²) in [6.07, 6.45) is 0. The van der Waals surface area contributed by atoms with Gasteiger partial charge in [0.05, 0.1) is 11.4 Å². The van der Waals surface area contributed by atoms with Gasteiger partial charge in [-0.15, -0.1) is 11.8 Å². The van der Waals surface area contributed by atoms with E-state index in [1.807, 2.05) is 30.3 Å². The first-order valence-electron chi connectivity index (χ1n) is 4.74. The van der Waals surface area contributed by atoms with Crippen molar-refractivity contribution in [3.8, 4) is 0 Å². The van der Waals surface area contributed by atoms with Gasteiger partial charge in [0.2, 0.25) is 0 Å². The third kappa shape index (κ3) is 2.31. The minimum atomic E-state index is -0.190. The molecule has 1 fully saturated rings. The van der Waals surface area contributed by atoms with E-state index >= 15 is 0 Å². The van der Waals surface area contributed by atoms with E-state index in [2.05, 4.69) is 10.7 Å². The highest BCUT2D eigenvalue weighted by molar-refractivity contribution is 7.99. The topological polar surface area (TPSA) is 67.1 Å². The van der Waals surface area contributed by atoms with E-state index in [9.17, 15) is 4.79 Å². The molecule has 15 heavy (non-hydrogen) atoms. The van der Waals surface area contributed by atoms with Gasteiger partial charge >= 0.3 is 0 Å². The summed E-state index contributed by atoms with van der Waals surface area (Å²) in [6, 6.07) is 9.88. The van der Waals surface area contributed by atoms with Gasteiger partial charge in [-0.25, -0.2) is 5.84 Å². The van der Waals surface area contributed by atoms with E-state index in [1.165, 1.54) is 5.56 Å². The predicted molar refractivity (Wildman–Crippen MR) is 60.9 cm³/mol. The number of carbonyl (C=O) groups excluding carboxylic acids is 1. The summed E-state index contributed by atoms with van der Waals surface area (Å²) in [5, 5.41) is 3.42. The second kappa shape index (κ2) is 4.65. The Morgan fingerprint density at radius 1 is 1.47 bits per heavy atom. The van der Waals surface area contributed by atoms with E-state index in [-0.39, 0.29) is 17.3 Å². The van der Waals surface area contributed by atoms with E-state index < -0.39 is 0 Å². The highest BCUT2D eigenvalue weighted by Crippen LogP contribution is 2.32. The van der Waals surface area contributed by atoms with Crippen LogP contribution in [0.15, 0.2) is 30.3 Å². The van der Waals surface area contributed by atoms with Gasteiger partial charge in [0.15, 0.2) is 0 Å². The van der Waals surface area contributed by atoms with Gasteiger partial charge in [0, 0.05) is 5.75 Å². The van der Waals surface area contributed by atoms with Crippen LogP contribution in [0.5, 0.6) is 0 Å². The predicted octanol–water partition coefficient (Wildman–Crippen LogP) is 0.380. The molecule has 0 spiro atoms. The molecule has 0 radical (unpaired) electrons. The number of thioether (sulfide) groups is 1. The Bertz CT molecular complexity index is 344. The maximum Gasteiger partial charge on any atom is 0.251 e. The van der Waals surface area contributed by atoms with E-state index in [0.717, 1.165) is 5.75 Å². The van der Waals surface area contributed by atoms with Crippen molar-refractivity contribution in [2.45, 2.75) is 11.4 Å². The zero-order chi connectivity index (χ0) is 10.7. The summed E-state index contributed by atoms with van der Waals surface area (Å²) in [5.41, 5.74) is 3.35. The molecule has 4 N–H and O–H groups in total. The molecule has 2 rings (SSSR count). The van der Waals surface area contributed by atoms with Gasteiger partial charge in [0.25, 0.3) is 5.91 Å². The molecule has 0 saturated carbocycles. The van der Waals surface area contributed by atoms with Crippen LogP contribution in [0.25, 0.3) is 0 Å². The molecule has 0 bridgehead atoms. The quantitative estimate of drug-likeness (QED) is 0.385. The Balaban J connectivity index is 2.02. The standard InChI is InChI=1S/C10H13N3OS/c11-13-9(14)8-6-15-10(12-8)7-4-2-1-3-5-7/h1-5,8,10,12H,6,11H2,(H,13,14). The van der Waals surface area contributed by atoms with Crippen molar-refractivity contribution < 1.29 is 4.79 Å². The molecule has 1 heterocycles. The van der Waals surface area contributed by atoms with E-state index in [4.69, 9.17) is 5.84 Å². The highest BCUT2D eigenvalue weighted by atomic mass is 32.2. The van der Waals surface area contributed by atoms with Crippen LogP contribution in [0.4, 0.5) is 0 Å². The lowest BCUT2D eigenvalue weighted by Gasteiger charge is -2.12. The Morgan fingerprint density at radius 3 is 2.87 bits per heavy atom. The SMILES string of the molecule is NNC(=O)C1CSC(c2ccccc2)N1. The lowest BCUT2D eigenvalue weighted by Crippen LogP contribution is -2.45. The second-order valence-corrected chi connectivity index (χ2v) is 4.49. The number of benzene rings is 1. The van der Waals surface area contributed by atoms with Crippen LogP contribution in [-0.4, -0.2) is 17.7 Å². The van der Waals surface area contributed by atoms with Gasteiger partial charge in [-0.3, -0.25) is 15.5 Å². The number of nitrogens with one attached hydrogen (secondary N) is 2. The van der Waals surface area contributed by atoms with Gasteiger partial charge in [0.1, 0.15) is 0 Å². The van der Waals surface area contributed by atoms with Crippen LogP contribution in [0, 0.1) is 0 Å². The largest absolute Gasteiger partial charge is 0.293 e. The lowest BCUT2D eigenvalue weighted by molar-refractivity contribution is -0.122. The minimum Gasteiger partial charge on any atom is -0.293 e. The monoisotopic (exact) mass is 223 g/mol. The molecule has 1 aliphatic heterocycles. The number of hydrogen-bond acceptors (Lipinski definition) is 4. The van der Waals surface area contributed by atoms with Gasteiger partial charge in [-0.2, -0.15) is 0 Å². The van der Waals surface area contributed by atoms with Gasteiger partial charge in [-0.05, 0) is 5.56 Å². The van der Waals surface area contributed by atoms with Gasteiger partial charge in [-0.1, -0.05) is 30.3 Å². The van der Waals surface area contributed by atoms with Crippen molar-refractivity contribution >= 4 is 17.7 Å². The van der Waals surface area contributed by atoms with Crippen molar-refractivity contribution in [3.05, 3.63) is 35.9 Å². The van der Waals surface area contributed by atoms with Crippen LogP contribution in [0.2, 0.25) is 0 Å². The zero-order valence-corrected chi connectivity index (χ0v) is 8.96. The smallest absolute Gasteiger partial charge is 0.251 e. The molecular weight excluding hydrogens is 210 g/mol. The first-order valence-corrected chi connectivity index (χ1v) is 5.79. The Kier molecular flexibility index (Phi) is 3.25. The molecule has 2 atom stereocenters. The van der Waals surface area contributed by atoms with Crippen LogP contribution in [-0.2, 0) is 4.79 Å². The van der Waals surface area contributed by atoms with Crippen molar-refractivity contribution in [1.29, 1.82) is 0 Å². The first-order chi connectivity index (χ1) is 7.31. The summed E-state index contributed by atoms with van der Waals surface area (Å²) in [4.78, 5) is 11.3. The molecule has 2 unspecified atom stereocenters. The number of hydrogen-bond donors (Lipinski definition) is 3. The van der Waals surface area contributed by atoms with Crippen LogP contribution in [0.1, 0.15) is 10.9 Å². The molecule has 0 aliphatic carbocycles. The fourth-order valence-electron chi connectivity index (χ4n) is 1.54. The van der Waals surface area contributed by atoms with Crippen molar-refractivity contribution in [1.82, 2.24) is 10.7 Å². The number of rotatable bonds is 2. The third-order valence-corrected chi connectivity index (χ3v) is 3.61. The Hall–Kier alpha value is -1.04. The molecule has 4 nitrogen and oxygen atoms in total. The molecule has 1 aliphatic rings. The molecular formula is C10H13N3OS. The van der Waals surface area contributed by atoms with Crippen LogP contribution >= 0.6 is 11.8 Å². The summed E-state index contributed by atoms with van der Waals surface area (Å²) in [5.74, 6) is 5.69. The Labute approximate surface area is 92.6 Å². The lowest BCUT2D eigenvalue weighted by atomic mass is 10.2. The normalized spacial score (nSPS) is 25.1. The van der Waals surface area contributed by atoms with Crippen LogP contribution < -0.4 is 16.6 Å². The molecule has 1 aromatic carbocycles. The second-order valence-electron chi connectivity index (χ2n) is 3.35. The third-order valence-electron chi connectivity index (χ3n) is 2.34. The molecule has 1 aromatic rings. The first kappa shape index (κ1) is 10.5. The highest BCUT2D eigenvalue weighted by Gasteiger charge is 2.29. The fraction of sp³-hybridized carbons (Fsp3) is 0.300. The van der Waals surface area contributed by atoms with Crippen molar-refractivity contribution in [2.75, 3.05) is 5.75 Å². The van der Waals surface area contributed by atoms with Crippen molar-refractivity contribution in [2.24, 2.45) is 5.84 Å². The summed E-state index contributed by atoms with van der Waals surface area (Å²) in [6.45, 7) is 0. The van der Waals surface area contributed by atoms with E-state index in [1.54, 1.807) is 11.8 Å². The summed E-state index contributed by atoms with van der Waals surface area (Å²) >= 11 is 1.72. The number of nitrogens with two attached hydrogens (primary N) is 1. The van der Waals surface area contributed by atoms with Crippen molar-refractivity contribution in [3.63, 3.8) is 0 Å². The van der Waals surface area contributed by atoms with Gasteiger partial charge < -0.3 is 0 Å². The minimum absolute atomic E-state index is 0.152. The molecule has 80 valence electrons. The maximum atomic E-state index is 11.3. The number of amides is 1. The Morgan fingerprint density at radius 2 is 2.20 bits per heavy atom. The average Bonchev–Trinajstić information content (AvgIpc) is 2.78.